The van der Waals surface area contributed by atoms with Crippen molar-refractivity contribution in [3.05, 3.63) is 47.6 Å². The average Bonchev–Trinajstić information content (AvgIpc) is 3.22. The van der Waals surface area contributed by atoms with Gasteiger partial charge in [0.05, 0.1) is 4.90 Å². The maximum atomic E-state index is 10.8. The van der Waals surface area contributed by atoms with Crippen molar-refractivity contribution in [3.8, 4) is 5.75 Å². The molecule has 0 spiro atoms. The number of phenols is 1. The summed E-state index contributed by atoms with van der Waals surface area (Å²) in [4.78, 5) is 0.0400. The molecule has 2 N–H and O–H groups in total. The summed E-state index contributed by atoms with van der Waals surface area (Å²) in [6, 6.07) is 5.93. The highest BCUT2D eigenvalue weighted by Gasteiger charge is 2.68. The fourth-order valence-electron chi connectivity index (χ4n) is 3.40. The van der Waals surface area contributed by atoms with E-state index >= 15 is 0 Å². The molecule has 1 fully saturated rings. The van der Waals surface area contributed by atoms with Gasteiger partial charge in [-0.3, -0.25) is 0 Å². The minimum absolute atomic E-state index is 0.314. The fourth-order valence-corrected chi connectivity index (χ4v) is 6.36. The molecule has 1 aromatic carbocycles. The molecule has 0 amide bonds. The van der Waals surface area contributed by atoms with Crippen molar-refractivity contribution < 1.29 is 10.2 Å². The zero-order valence-electron chi connectivity index (χ0n) is 15.8. The Hall–Kier alpha value is -0.840. The van der Waals surface area contributed by atoms with Crippen LogP contribution in [-0.2, 0) is 6.42 Å². The number of rotatable bonds is 10. The van der Waals surface area contributed by atoms with Crippen LogP contribution >= 0.6 is 23.5 Å². The van der Waals surface area contributed by atoms with Crippen LogP contribution in [0.15, 0.2) is 46.9 Å². The Labute approximate surface area is 166 Å². The Balaban J connectivity index is 1.73. The summed E-state index contributed by atoms with van der Waals surface area (Å²) >= 11 is 3.16. The van der Waals surface area contributed by atoms with E-state index in [2.05, 4.69) is 32.1 Å². The van der Waals surface area contributed by atoms with Crippen molar-refractivity contribution in [1.29, 1.82) is 0 Å². The Morgan fingerprint density at radius 1 is 1.04 bits per heavy atom. The highest BCUT2D eigenvalue weighted by atomic mass is 32.2. The van der Waals surface area contributed by atoms with E-state index in [1.807, 2.05) is 12.1 Å². The van der Waals surface area contributed by atoms with Crippen molar-refractivity contribution in [2.75, 3.05) is 0 Å². The van der Waals surface area contributed by atoms with Gasteiger partial charge in [-0.05, 0) is 55.0 Å². The van der Waals surface area contributed by atoms with Gasteiger partial charge in [-0.2, -0.15) is 0 Å². The second-order valence-corrected chi connectivity index (χ2v) is 10.4. The van der Waals surface area contributed by atoms with Gasteiger partial charge >= 0.3 is 0 Å². The maximum absolute atomic E-state index is 10.8. The standard InChI is InChI=1S/C22H30O2S2/c1-3-5-7-9-17-11-12-19(23)20(15-17)25-22-16-18(10-8-6-4-2)13-14-21(22,24)26-22/h11-16,23-24H,3-10H2,1-2H3. The first-order valence-electron chi connectivity index (χ1n) is 9.86. The molecule has 4 heteroatoms. The van der Waals surface area contributed by atoms with Crippen LogP contribution in [0.3, 0.4) is 0 Å². The summed E-state index contributed by atoms with van der Waals surface area (Å²) in [6.45, 7) is 4.43. The zero-order chi connectivity index (χ0) is 18.6. The molecule has 3 rings (SSSR count). The van der Waals surface area contributed by atoms with Gasteiger partial charge in [-0.25, -0.2) is 0 Å². The minimum atomic E-state index is -0.837. The molecule has 0 saturated carbocycles. The molecule has 2 aliphatic rings. The Kier molecular flexibility index (Phi) is 6.47. The SMILES string of the molecule is CCCCCC1=CC2(Sc3cc(CCCCC)ccc3O)SC2(O)C=C1. The number of aliphatic hydroxyl groups is 1. The molecule has 1 heterocycles. The van der Waals surface area contributed by atoms with E-state index < -0.39 is 4.93 Å². The predicted molar refractivity (Wildman–Crippen MR) is 114 cm³/mol. The first-order valence-corrected chi connectivity index (χ1v) is 11.5. The van der Waals surface area contributed by atoms with E-state index in [1.54, 1.807) is 29.6 Å². The molecule has 2 nitrogen and oxygen atoms in total. The molecule has 0 aromatic heterocycles. The van der Waals surface area contributed by atoms with E-state index in [-0.39, 0.29) is 4.08 Å². The second-order valence-electron chi connectivity index (χ2n) is 7.34. The first-order chi connectivity index (χ1) is 12.5. The van der Waals surface area contributed by atoms with E-state index in [9.17, 15) is 10.2 Å². The molecule has 0 bridgehead atoms. The van der Waals surface area contributed by atoms with E-state index in [4.69, 9.17) is 0 Å². The summed E-state index contributed by atoms with van der Waals surface area (Å²) in [5.74, 6) is 0.314. The van der Waals surface area contributed by atoms with Crippen LogP contribution < -0.4 is 0 Å². The number of allylic oxidation sites excluding steroid dienone is 2. The molecule has 26 heavy (non-hydrogen) atoms. The van der Waals surface area contributed by atoms with E-state index in [0.717, 1.165) is 17.7 Å². The van der Waals surface area contributed by atoms with Crippen molar-refractivity contribution in [3.63, 3.8) is 0 Å². The van der Waals surface area contributed by atoms with Crippen molar-refractivity contribution in [2.45, 2.75) is 79.1 Å². The number of aromatic hydroxyl groups is 1. The third kappa shape index (κ3) is 4.35. The zero-order valence-corrected chi connectivity index (χ0v) is 17.5. The fraction of sp³-hybridized carbons (Fsp3) is 0.545. The lowest BCUT2D eigenvalue weighted by Crippen LogP contribution is -2.21. The van der Waals surface area contributed by atoms with Crippen LogP contribution in [0.25, 0.3) is 0 Å². The Morgan fingerprint density at radius 3 is 2.50 bits per heavy atom. The van der Waals surface area contributed by atoms with Gasteiger partial charge in [0.15, 0.2) is 4.93 Å². The number of unbranched alkanes of at least 4 members (excludes halogenated alkanes) is 4. The average molecular weight is 391 g/mol. The highest BCUT2D eigenvalue weighted by Crippen LogP contribution is 2.73. The maximum Gasteiger partial charge on any atom is 0.159 e. The monoisotopic (exact) mass is 390 g/mol. The quantitative estimate of drug-likeness (QED) is 0.357. The Bertz CT molecular complexity index is 697. The van der Waals surface area contributed by atoms with Crippen LogP contribution in [0, 0.1) is 0 Å². The number of hydrogen-bond donors (Lipinski definition) is 2. The summed E-state index contributed by atoms with van der Waals surface area (Å²) < 4.78 is -0.386. The topological polar surface area (TPSA) is 40.5 Å². The van der Waals surface area contributed by atoms with Gasteiger partial charge in [0.25, 0.3) is 0 Å². The van der Waals surface area contributed by atoms with Gasteiger partial charge in [0.1, 0.15) is 9.83 Å². The van der Waals surface area contributed by atoms with Gasteiger partial charge in [-0.15, -0.1) is 0 Å². The lowest BCUT2D eigenvalue weighted by Gasteiger charge is -2.20. The molecule has 0 radical (unpaired) electrons. The predicted octanol–water partition coefficient (Wildman–Crippen LogP) is 6.43. The molecule has 2 atom stereocenters. The molecule has 1 saturated heterocycles. The largest absolute Gasteiger partial charge is 0.507 e. The van der Waals surface area contributed by atoms with Gasteiger partial charge in [-0.1, -0.05) is 81.3 Å². The Morgan fingerprint density at radius 2 is 1.77 bits per heavy atom. The smallest absolute Gasteiger partial charge is 0.159 e. The summed E-state index contributed by atoms with van der Waals surface area (Å²) in [7, 11) is 0. The van der Waals surface area contributed by atoms with Crippen molar-refractivity contribution >= 4 is 23.5 Å². The van der Waals surface area contributed by atoms with Crippen molar-refractivity contribution in [1.82, 2.24) is 0 Å². The molecular formula is C22H30O2S2. The molecule has 1 aliphatic carbocycles. The van der Waals surface area contributed by atoms with Crippen LogP contribution in [0.1, 0.15) is 64.4 Å². The number of hydrogen-bond acceptors (Lipinski definition) is 4. The van der Waals surface area contributed by atoms with E-state index in [1.165, 1.54) is 49.7 Å². The van der Waals surface area contributed by atoms with Gasteiger partial charge < -0.3 is 10.2 Å². The third-order valence-corrected chi connectivity index (χ3v) is 8.29. The molecular weight excluding hydrogens is 360 g/mol. The first kappa shape index (κ1) is 19.9. The highest BCUT2D eigenvalue weighted by molar-refractivity contribution is 8.26. The normalized spacial score (nSPS) is 26.5. The van der Waals surface area contributed by atoms with Gasteiger partial charge in [0, 0.05) is 0 Å². The molecule has 1 aliphatic heterocycles. The van der Waals surface area contributed by atoms with Gasteiger partial charge in [0.2, 0.25) is 0 Å². The number of thioether (sulfide) groups is 2. The number of aryl methyl sites for hydroxylation is 1. The van der Waals surface area contributed by atoms with Crippen molar-refractivity contribution in [2.24, 2.45) is 0 Å². The number of phenolic OH excluding ortho intramolecular Hbond substituents is 1. The molecule has 2 unspecified atom stereocenters. The summed E-state index contributed by atoms with van der Waals surface area (Å²) in [5, 5.41) is 21.2. The summed E-state index contributed by atoms with van der Waals surface area (Å²) in [6.07, 6.45) is 15.6. The van der Waals surface area contributed by atoms with Crippen LogP contribution in [0.2, 0.25) is 0 Å². The lowest BCUT2D eigenvalue weighted by atomic mass is 9.99. The van der Waals surface area contributed by atoms with E-state index in [0.29, 0.717) is 5.75 Å². The number of benzene rings is 1. The molecule has 142 valence electrons. The van der Waals surface area contributed by atoms with Crippen LogP contribution in [0.4, 0.5) is 0 Å². The van der Waals surface area contributed by atoms with Crippen LogP contribution in [0.5, 0.6) is 5.75 Å². The third-order valence-electron chi connectivity index (χ3n) is 5.09. The number of fused-ring (bicyclic) bond motifs is 1. The van der Waals surface area contributed by atoms with Crippen LogP contribution in [-0.4, -0.2) is 19.2 Å². The summed E-state index contributed by atoms with van der Waals surface area (Å²) in [5.41, 5.74) is 2.57. The molecule has 1 aromatic rings. The minimum Gasteiger partial charge on any atom is -0.507 e. The second kappa shape index (κ2) is 8.45. The lowest BCUT2D eigenvalue weighted by molar-refractivity contribution is 0.221.